The van der Waals surface area contributed by atoms with Crippen molar-refractivity contribution in [3.05, 3.63) is 34.6 Å². The van der Waals surface area contributed by atoms with Crippen LogP contribution in [0.3, 0.4) is 0 Å². The predicted molar refractivity (Wildman–Crippen MR) is 51.3 cm³/mol. The van der Waals surface area contributed by atoms with E-state index in [1.807, 2.05) is 14.0 Å². The summed E-state index contributed by atoms with van der Waals surface area (Å²) in [6, 6.07) is 3.64. The highest BCUT2D eigenvalue weighted by atomic mass is 19.1. The molecule has 0 bridgehead atoms. The Morgan fingerprint density at radius 3 is 2.92 bits per heavy atom. The Balaban J connectivity index is 2.51. The van der Waals surface area contributed by atoms with E-state index in [2.05, 4.69) is 5.32 Å². The van der Waals surface area contributed by atoms with E-state index in [1.165, 1.54) is 5.56 Å². The molecule has 0 aromatic heterocycles. The van der Waals surface area contributed by atoms with E-state index in [-0.39, 0.29) is 5.82 Å². The number of fused-ring (bicyclic) bond motifs is 1. The highest BCUT2D eigenvalue weighted by molar-refractivity contribution is 5.40. The normalized spacial score (nSPS) is 20.4. The molecule has 0 heterocycles. The van der Waals surface area contributed by atoms with Gasteiger partial charge in [0.05, 0.1) is 0 Å². The molecule has 1 aliphatic carbocycles. The predicted octanol–water partition coefficient (Wildman–Crippen LogP) is 2.34. The molecule has 1 aromatic rings. The zero-order chi connectivity index (χ0) is 9.42. The topological polar surface area (TPSA) is 12.0 Å². The molecule has 0 fully saturated rings. The second kappa shape index (κ2) is 3.11. The molecule has 1 aliphatic rings. The maximum atomic E-state index is 13.1. The third-order valence-corrected chi connectivity index (χ3v) is 2.88. The van der Waals surface area contributed by atoms with Crippen LogP contribution in [0.1, 0.15) is 29.2 Å². The van der Waals surface area contributed by atoms with E-state index in [1.54, 1.807) is 12.1 Å². The lowest BCUT2D eigenvalue weighted by molar-refractivity contribution is 0.581. The zero-order valence-corrected chi connectivity index (χ0v) is 8.02. The average Bonchev–Trinajstić information content (AvgIpc) is 2.47. The van der Waals surface area contributed by atoms with Crippen molar-refractivity contribution in [1.82, 2.24) is 5.32 Å². The van der Waals surface area contributed by atoms with Crippen molar-refractivity contribution >= 4 is 0 Å². The first-order valence-corrected chi connectivity index (χ1v) is 4.68. The second-order valence-electron chi connectivity index (χ2n) is 3.67. The molecule has 1 N–H and O–H groups in total. The molecular weight excluding hydrogens is 165 g/mol. The van der Waals surface area contributed by atoms with Gasteiger partial charge in [0.15, 0.2) is 0 Å². The van der Waals surface area contributed by atoms with Gasteiger partial charge in [-0.3, -0.25) is 0 Å². The van der Waals surface area contributed by atoms with Gasteiger partial charge in [-0.2, -0.15) is 0 Å². The summed E-state index contributed by atoms with van der Waals surface area (Å²) < 4.78 is 13.1. The molecule has 13 heavy (non-hydrogen) atoms. The molecule has 0 radical (unpaired) electrons. The quantitative estimate of drug-likeness (QED) is 0.697. The second-order valence-corrected chi connectivity index (χ2v) is 3.67. The van der Waals surface area contributed by atoms with Crippen molar-refractivity contribution < 1.29 is 4.39 Å². The van der Waals surface area contributed by atoms with E-state index >= 15 is 0 Å². The van der Waals surface area contributed by atoms with Crippen LogP contribution in [0.2, 0.25) is 0 Å². The monoisotopic (exact) mass is 179 g/mol. The molecule has 1 atom stereocenters. The highest BCUT2D eigenvalue weighted by Crippen LogP contribution is 2.33. The molecule has 2 heteroatoms. The van der Waals surface area contributed by atoms with Crippen LogP contribution < -0.4 is 5.32 Å². The molecule has 0 saturated carbocycles. The summed E-state index contributed by atoms with van der Waals surface area (Å²) in [5.74, 6) is -0.113. The lowest BCUT2D eigenvalue weighted by atomic mass is 10.0. The Hall–Kier alpha value is -0.890. The summed E-state index contributed by atoms with van der Waals surface area (Å²) in [7, 11) is 1.93. The Bertz CT molecular complexity index is 333. The highest BCUT2D eigenvalue weighted by Gasteiger charge is 2.22. The van der Waals surface area contributed by atoms with Crippen LogP contribution >= 0.6 is 0 Å². The van der Waals surface area contributed by atoms with Gasteiger partial charge < -0.3 is 5.32 Å². The van der Waals surface area contributed by atoms with Gasteiger partial charge >= 0.3 is 0 Å². The van der Waals surface area contributed by atoms with Crippen LogP contribution in [0, 0.1) is 12.7 Å². The van der Waals surface area contributed by atoms with E-state index < -0.39 is 0 Å². The van der Waals surface area contributed by atoms with Crippen molar-refractivity contribution in [1.29, 1.82) is 0 Å². The van der Waals surface area contributed by atoms with Crippen molar-refractivity contribution in [3.63, 3.8) is 0 Å². The maximum Gasteiger partial charge on any atom is 0.123 e. The number of hydrogen-bond acceptors (Lipinski definition) is 1. The lowest BCUT2D eigenvalue weighted by Crippen LogP contribution is -2.13. The average molecular weight is 179 g/mol. The largest absolute Gasteiger partial charge is 0.313 e. The minimum absolute atomic E-state index is 0.113. The fourth-order valence-electron chi connectivity index (χ4n) is 2.20. The van der Waals surface area contributed by atoms with Crippen LogP contribution in [0.15, 0.2) is 12.1 Å². The SMILES string of the molecule is CN[C@@H]1CCc2c(C)cc(F)cc21. The molecule has 0 aliphatic heterocycles. The first-order chi connectivity index (χ1) is 6.22. The fourth-order valence-corrected chi connectivity index (χ4v) is 2.20. The van der Waals surface area contributed by atoms with Gasteiger partial charge in [-0.25, -0.2) is 4.39 Å². The van der Waals surface area contributed by atoms with Gasteiger partial charge in [-0.05, 0) is 55.6 Å². The van der Waals surface area contributed by atoms with Gasteiger partial charge in [-0.1, -0.05) is 0 Å². The molecule has 0 spiro atoms. The smallest absolute Gasteiger partial charge is 0.123 e. The fraction of sp³-hybridized carbons (Fsp3) is 0.455. The molecule has 1 aromatic carbocycles. The van der Waals surface area contributed by atoms with Gasteiger partial charge in [0.2, 0.25) is 0 Å². The number of hydrogen-bond donors (Lipinski definition) is 1. The standard InChI is InChI=1S/C11H14FN/c1-7-5-8(12)6-10-9(7)3-4-11(10)13-2/h5-6,11,13H,3-4H2,1-2H3/t11-/m1/s1. The number of aryl methyl sites for hydroxylation is 1. The van der Waals surface area contributed by atoms with Crippen LogP contribution in [0.5, 0.6) is 0 Å². The summed E-state index contributed by atoms with van der Waals surface area (Å²) in [6.45, 7) is 1.99. The van der Waals surface area contributed by atoms with Gasteiger partial charge in [0.1, 0.15) is 5.82 Å². The van der Waals surface area contributed by atoms with Crippen LogP contribution in [0.25, 0.3) is 0 Å². The minimum Gasteiger partial charge on any atom is -0.313 e. The number of halogens is 1. The Morgan fingerprint density at radius 1 is 1.46 bits per heavy atom. The molecular formula is C11H14FN. The summed E-state index contributed by atoms with van der Waals surface area (Å²) >= 11 is 0. The number of benzene rings is 1. The van der Waals surface area contributed by atoms with E-state index in [0.717, 1.165) is 24.0 Å². The maximum absolute atomic E-state index is 13.1. The molecule has 0 unspecified atom stereocenters. The molecule has 0 saturated heterocycles. The summed E-state index contributed by atoms with van der Waals surface area (Å²) in [4.78, 5) is 0. The molecule has 70 valence electrons. The summed E-state index contributed by atoms with van der Waals surface area (Å²) in [6.07, 6.45) is 2.17. The van der Waals surface area contributed by atoms with Crippen molar-refractivity contribution in [3.8, 4) is 0 Å². The van der Waals surface area contributed by atoms with Crippen molar-refractivity contribution in [2.24, 2.45) is 0 Å². The molecule has 1 nitrogen and oxygen atoms in total. The first-order valence-electron chi connectivity index (χ1n) is 4.68. The Kier molecular flexibility index (Phi) is 2.08. The zero-order valence-electron chi connectivity index (χ0n) is 8.02. The number of rotatable bonds is 1. The van der Waals surface area contributed by atoms with Crippen LogP contribution in [0.4, 0.5) is 4.39 Å². The van der Waals surface area contributed by atoms with Crippen molar-refractivity contribution in [2.75, 3.05) is 7.05 Å². The number of nitrogens with one attached hydrogen (secondary N) is 1. The van der Waals surface area contributed by atoms with Gasteiger partial charge in [0.25, 0.3) is 0 Å². The van der Waals surface area contributed by atoms with Crippen LogP contribution in [-0.2, 0) is 6.42 Å². The van der Waals surface area contributed by atoms with Gasteiger partial charge in [0, 0.05) is 6.04 Å². The van der Waals surface area contributed by atoms with Crippen molar-refractivity contribution in [2.45, 2.75) is 25.8 Å². The third-order valence-electron chi connectivity index (χ3n) is 2.88. The van der Waals surface area contributed by atoms with E-state index in [0.29, 0.717) is 6.04 Å². The Labute approximate surface area is 78.0 Å². The van der Waals surface area contributed by atoms with E-state index in [4.69, 9.17) is 0 Å². The third kappa shape index (κ3) is 1.35. The summed E-state index contributed by atoms with van der Waals surface area (Å²) in [5.41, 5.74) is 3.58. The summed E-state index contributed by atoms with van der Waals surface area (Å²) in [5, 5.41) is 3.21. The van der Waals surface area contributed by atoms with Crippen LogP contribution in [-0.4, -0.2) is 7.05 Å². The minimum atomic E-state index is -0.113. The van der Waals surface area contributed by atoms with Gasteiger partial charge in [-0.15, -0.1) is 0 Å². The molecule has 2 rings (SSSR count). The van der Waals surface area contributed by atoms with E-state index in [9.17, 15) is 4.39 Å². The lowest BCUT2D eigenvalue weighted by Gasteiger charge is -2.10. The Morgan fingerprint density at radius 2 is 2.23 bits per heavy atom. The first kappa shape index (κ1) is 8.70. The molecule has 0 amide bonds.